The minimum Gasteiger partial charge on any atom is -0.508 e. The second-order valence-corrected chi connectivity index (χ2v) is 3.74. The van der Waals surface area contributed by atoms with Crippen LogP contribution in [0.1, 0.15) is 12.5 Å². The summed E-state index contributed by atoms with van der Waals surface area (Å²) in [6, 6.07) is 5.19. The summed E-state index contributed by atoms with van der Waals surface area (Å²) in [4.78, 5) is 0. The molecule has 1 unspecified atom stereocenters. The molecule has 0 heterocycles. The SMILES string of the molecule is CC(O)Cc1cc(Br)ccc1O. The Kier molecular flexibility index (Phi) is 3.12. The van der Waals surface area contributed by atoms with Crippen LogP contribution in [-0.2, 0) is 6.42 Å². The van der Waals surface area contributed by atoms with Crippen LogP contribution in [0.2, 0.25) is 0 Å². The van der Waals surface area contributed by atoms with Gasteiger partial charge in [0.25, 0.3) is 0 Å². The van der Waals surface area contributed by atoms with Gasteiger partial charge in [-0.15, -0.1) is 0 Å². The molecule has 0 bridgehead atoms. The first-order valence-corrected chi connectivity index (χ1v) is 4.54. The molecule has 2 nitrogen and oxygen atoms in total. The molecule has 12 heavy (non-hydrogen) atoms. The Morgan fingerprint density at radius 2 is 2.17 bits per heavy atom. The number of aliphatic hydroxyl groups is 1. The van der Waals surface area contributed by atoms with Crippen molar-refractivity contribution >= 4 is 15.9 Å². The lowest BCUT2D eigenvalue weighted by molar-refractivity contribution is 0.194. The molecule has 3 heteroatoms. The fourth-order valence-corrected chi connectivity index (χ4v) is 1.44. The van der Waals surface area contributed by atoms with E-state index >= 15 is 0 Å². The monoisotopic (exact) mass is 230 g/mol. The largest absolute Gasteiger partial charge is 0.508 e. The first-order chi connectivity index (χ1) is 5.59. The highest BCUT2D eigenvalue weighted by Gasteiger charge is 2.04. The van der Waals surface area contributed by atoms with Crippen molar-refractivity contribution in [3.8, 4) is 5.75 Å². The maximum absolute atomic E-state index is 9.35. The van der Waals surface area contributed by atoms with E-state index in [-0.39, 0.29) is 5.75 Å². The van der Waals surface area contributed by atoms with Crippen LogP contribution in [0.4, 0.5) is 0 Å². The molecule has 66 valence electrons. The summed E-state index contributed by atoms with van der Waals surface area (Å²) in [6.07, 6.45) is 0.0517. The molecule has 1 aromatic rings. The third-order valence-electron chi connectivity index (χ3n) is 1.56. The Bertz CT molecular complexity index is 271. The minimum absolute atomic E-state index is 0.235. The summed E-state index contributed by atoms with van der Waals surface area (Å²) >= 11 is 3.29. The number of hydrogen-bond donors (Lipinski definition) is 2. The van der Waals surface area contributed by atoms with Crippen LogP contribution in [0.25, 0.3) is 0 Å². The summed E-state index contributed by atoms with van der Waals surface area (Å²) in [5, 5.41) is 18.4. The van der Waals surface area contributed by atoms with Crippen LogP contribution in [0, 0.1) is 0 Å². The van der Waals surface area contributed by atoms with E-state index in [0.717, 1.165) is 10.0 Å². The molecule has 2 N–H and O–H groups in total. The molecule has 0 spiro atoms. The Balaban J connectivity index is 2.90. The van der Waals surface area contributed by atoms with E-state index in [4.69, 9.17) is 5.11 Å². The van der Waals surface area contributed by atoms with Crippen LogP contribution in [0.3, 0.4) is 0 Å². The Morgan fingerprint density at radius 1 is 1.50 bits per heavy atom. The summed E-state index contributed by atoms with van der Waals surface area (Å²) in [7, 11) is 0. The maximum Gasteiger partial charge on any atom is 0.118 e. The number of aromatic hydroxyl groups is 1. The van der Waals surface area contributed by atoms with Gasteiger partial charge in [0.05, 0.1) is 6.10 Å². The minimum atomic E-state index is -0.426. The molecule has 1 atom stereocenters. The van der Waals surface area contributed by atoms with Gasteiger partial charge in [-0.1, -0.05) is 15.9 Å². The van der Waals surface area contributed by atoms with Crippen molar-refractivity contribution in [1.29, 1.82) is 0 Å². The third-order valence-corrected chi connectivity index (χ3v) is 2.05. The lowest BCUT2D eigenvalue weighted by atomic mass is 10.1. The van der Waals surface area contributed by atoms with Gasteiger partial charge in [0.15, 0.2) is 0 Å². The first-order valence-electron chi connectivity index (χ1n) is 3.75. The van der Waals surface area contributed by atoms with E-state index in [1.54, 1.807) is 19.1 Å². The van der Waals surface area contributed by atoms with E-state index in [1.807, 2.05) is 6.07 Å². The quantitative estimate of drug-likeness (QED) is 0.817. The lowest BCUT2D eigenvalue weighted by Gasteiger charge is -2.06. The molecule has 0 saturated heterocycles. The Labute approximate surface area is 80.0 Å². The van der Waals surface area contributed by atoms with Gasteiger partial charge in [-0.3, -0.25) is 0 Å². The number of benzene rings is 1. The molecule has 0 aliphatic rings. The normalized spacial score (nSPS) is 12.9. The predicted octanol–water partition coefficient (Wildman–Crippen LogP) is 2.08. The standard InChI is InChI=1S/C9H11BrO2/c1-6(11)4-7-5-8(10)2-3-9(7)12/h2-3,5-6,11-12H,4H2,1H3. The zero-order chi connectivity index (χ0) is 9.14. The van der Waals surface area contributed by atoms with E-state index in [1.165, 1.54) is 0 Å². The molecule has 0 aliphatic heterocycles. The van der Waals surface area contributed by atoms with Gasteiger partial charge in [0, 0.05) is 10.9 Å². The zero-order valence-corrected chi connectivity index (χ0v) is 8.37. The van der Waals surface area contributed by atoms with Gasteiger partial charge in [-0.2, -0.15) is 0 Å². The maximum atomic E-state index is 9.35. The van der Waals surface area contributed by atoms with Crippen molar-refractivity contribution in [1.82, 2.24) is 0 Å². The van der Waals surface area contributed by atoms with Crippen molar-refractivity contribution in [3.63, 3.8) is 0 Å². The van der Waals surface area contributed by atoms with E-state index in [9.17, 15) is 5.11 Å². The topological polar surface area (TPSA) is 40.5 Å². The van der Waals surface area contributed by atoms with Crippen molar-refractivity contribution in [3.05, 3.63) is 28.2 Å². The predicted molar refractivity (Wildman–Crippen MR) is 51.2 cm³/mol. The van der Waals surface area contributed by atoms with Gasteiger partial charge in [-0.25, -0.2) is 0 Å². The lowest BCUT2D eigenvalue weighted by Crippen LogP contribution is -2.04. The molecule has 0 saturated carbocycles. The van der Waals surface area contributed by atoms with Crippen LogP contribution in [0.15, 0.2) is 22.7 Å². The molecule has 0 aromatic heterocycles. The van der Waals surface area contributed by atoms with Crippen LogP contribution in [-0.4, -0.2) is 16.3 Å². The van der Waals surface area contributed by atoms with Crippen molar-refractivity contribution in [2.45, 2.75) is 19.4 Å². The highest BCUT2D eigenvalue weighted by Crippen LogP contribution is 2.22. The van der Waals surface area contributed by atoms with Crippen molar-refractivity contribution < 1.29 is 10.2 Å². The molecule has 1 rings (SSSR count). The molecule has 0 radical (unpaired) electrons. The number of rotatable bonds is 2. The summed E-state index contributed by atoms with van der Waals surface area (Å²) in [5.41, 5.74) is 0.763. The average Bonchev–Trinajstić information content (AvgIpc) is 1.96. The van der Waals surface area contributed by atoms with Crippen LogP contribution >= 0.6 is 15.9 Å². The number of phenolic OH excluding ortho intramolecular Hbond substituents is 1. The van der Waals surface area contributed by atoms with Crippen molar-refractivity contribution in [2.24, 2.45) is 0 Å². The zero-order valence-electron chi connectivity index (χ0n) is 6.79. The fraction of sp³-hybridized carbons (Fsp3) is 0.333. The van der Waals surface area contributed by atoms with Crippen LogP contribution in [0.5, 0.6) is 5.75 Å². The Morgan fingerprint density at radius 3 is 2.75 bits per heavy atom. The van der Waals surface area contributed by atoms with Gasteiger partial charge in [-0.05, 0) is 30.7 Å². The van der Waals surface area contributed by atoms with E-state index in [0.29, 0.717) is 6.42 Å². The molecule has 0 amide bonds. The Hall–Kier alpha value is -0.540. The smallest absolute Gasteiger partial charge is 0.118 e. The summed E-state index contributed by atoms with van der Waals surface area (Å²) in [6.45, 7) is 1.69. The van der Waals surface area contributed by atoms with E-state index in [2.05, 4.69) is 15.9 Å². The fourth-order valence-electron chi connectivity index (χ4n) is 1.04. The van der Waals surface area contributed by atoms with Crippen molar-refractivity contribution in [2.75, 3.05) is 0 Å². The highest BCUT2D eigenvalue weighted by molar-refractivity contribution is 9.10. The third kappa shape index (κ3) is 2.50. The molecular weight excluding hydrogens is 220 g/mol. The van der Waals surface area contributed by atoms with E-state index < -0.39 is 6.10 Å². The number of phenols is 1. The first kappa shape index (κ1) is 9.55. The van der Waals surface area contributed by atoms with Gasteiger partial charge < -0.3 is 10.2 Å². The number of halogens is 1. The van der Waals surface area contributed by atoms with Gasteiger partial charge in [0.1, 0.15) is 5.75 Å². The highest BCUT2D eigenvalue weighted by atomic mass is 79.9. The average molecular weight is 231 g/mol. The molecule has 1 aromatic carbocycles. The van der Waals surface area contributed by atoms with Gasteiger partial charge in [0.2, 0.25) is 0 Å². The summed E-state index contributed by atoms with van der Waals surface area (Å²) in [5.74, 6) is 0.235. The van der Waals surface area contributed by atoms with Gasteiger partial charge >= 0.3 is 0 Å². The number of hydrogen-bond acceptors (Lipinski definition) is 2. The molecule has 0 fully saturated rings. The summed E-state index contributed by atoms with van der Waals surface area (Å²) < 4.78 is 0.913. The number of aliphatic hydroxyl groups excluding tert-OH is 1. The molecule has 0 aliphatic carbocycles. The second kappa shape index (κ2) is 3.92. The van der Waals surface area contributed by atoms with Crippen LogP contribution < -0.4 is 0 Å². The second-order valence-electron chi connectivity index (χ2n) is 2.83. The molecular formula is C9H11BrO2.